The van der Waals surface area contributed by atoms with E-state index >= 15 is 0 Å². The zero-order valence-electron chi connectivity index (χ0n) is 12.3. The highest BCUT2D eigenvalue weighted by atomic mass is 32.2. The minimum absolute atomic E-state index is 0.0784. The van der Waals surface area contributed by atoms with Crippen molar-refractivity contribution >= 4 is 11.8 Å². The van der Waals surface area contributed by atoms with Crippen molar-refractivity contribution < 1.29 is 9.47 Å². The van der Waals surface area contributed by atoms with Crippen molar-refractivity contribution in [1.29, 1.82) is 0 Å². The van der Waals surface area contributed by atoms with E-state index in [0.717, 1.165) is 30.2 Å². The summed E-state index contributed by atoms with van der Waals surface area (Å²) < 4.78 is 11.6. The van der Waals surface area contributed by atoms with Crippen molar-refractivity contribution in [3.05, 3.63) is 23.8 Å². The smallest absolute Gasteiger partial charge is 0.161 e. The highest BCUT2D eigenvalue weighted by molar-refractivity contribution is 7.99. The number of thioether (sulfide) groups is 1. The molecular weight excluding hydrogens is 270 g/mol. The number of rotatable bonds is 4. The third kappa shape index (κ3) is 2.77. The summed E-state index contributed by atoms with van der Waals surface area (Å²) in [6.45, 7) is 3.36. The predicted molar refractivity (Wildman–Crippen MR) is 83.9 cm³/mol. The fourth-order valence-electron chi connectivity index (χ4n) is 3.03. The lowest BCUT2D eigenvalue weighted by Gasteiger charge is -2.26. The molecule has 0 saturated carbocycles. The summed E-state index contributed by atoms with van der Waals surface area (Å²) in [5, 5.41) is 3.59. The van der Waals surface area contributed by atoms with Crippen LogP contribution in [0.3, 0.4) is 0 Å². The van der Waals surface area contributed by atoms with Crippen LogP contribution in [0.15, 0.2) is 18.2 Å². The molecule has 2 aliphatic rings. The first kappa shape index (κ1) is 14.1. The number of benzene rings is 1. The van der Waals surface area contributed by atoms with Crippen LogP contribution in [0, 0.1) is 0 Å². The Morgan fingerprint density at radius 2 is 2.25 bits per heavy atom. The molecule has 2 heterocycles. The molecule has 0 radical (unpaired) electrons. The molecule has 0 amide bonds. The van der Waals surface area contributed by atoms with E-state index in [1.807, 2.05) is 11.8 Å². The fraction of sp³-hybridized carbons (Fsp3) is 0.625. The highest BCUT2D eigenvalue weighted by Gasteiger charge is 2.31. The molecule has 0 spiro atoms. The Morgan fingerprint density at radius 1 is 1.35 bits per heavy atom. The molecule has 3 rings (SSSR count). The average molecular weight is 293 g/mol. The van der Waals surface area contributed by atoms with Gasteiger partial charge in [0.05, 0.1) is 7.11 Å². The lowest BCUT2D eigenvalue weighted by Crippen LogP contribution is -2.33. The normalized spacial score (nSPS) is 29.6. The van der Waals surface area contributed by atoms with E-state index < -0.39 is 0 Å². The lowest BCUT2D eigenvalue weighted by molar-refractivity contribution is 0.218. The van der Waals surface area contributed by atoms with Gasteiger partial charge in [-0.15, -0.1) is 0 Å². The summed E-state index contributed by atoms with van der Waals surface area (Å²) in [4.78, 5) is 0. The Bertz CT molecular complexity index is 466. The maximum Gasteiger partial charge on any atom is 0.161 e. The van der Waals surface area contributed by atoms with E-state index in [2.05, 4.69) is 30.4 Å². The first-order chi connectivity index (χ1) is 9.71. The summed E-state index contributed by atoms with van der Waals surface area (Å²) in [6.07, 6.45) is 3.88. The molecule has 2 aliphatic heterocycles. The Balaban J connectivity index is 1.81. The van der Waals surface area contributed by atoms with E-state index in [9.17, 15) is 0 Å². The molecule has 2 atom stereocenters. The molecule has 1 aromatic rings. The molecule has 1 aromatic carbocycles. The summed E-state index contributed by atoms with van der Waals surface area (Å²) >= 11 is 1.96. The summed E-state index contributed by atoms with van der Waals surface area (Å²) in [5.74, 6) is 4.02. The topological polar surface area (TPSA) is 30.5 Å². The van der Waals surface area contributed by atoms with E-state index in [4.69, 9.17) is 9.47 Å². The van der Waals surface area contributed by atoms with Crippen LogP contribution in [0.2, 0.25) is 0 Å². The minimum Gasteiger partial charge on any atom is -0.493 e. The Labute approximate surface area is 125 Å². The zero-order chi connectivity index (χ0) is 14.0. The molecule has 0 aliphatic carbocycles. The van der Waals surface area contributed by atoms with E-state index in [-0.39, 0.29) is 5.54 Å². The van der Waals surface area contributed by atoms with Crippen LogP contribution in [0.25, 0.3) is 0 Å². The van der Waals surface area contributed by atoms with Crippen LogP contribution >= 0.6 is 11.8 Å². The van der Waals surface area contributed by atoms with Gasteiger partial charge in [0, 0.05) is 11.3 Å². The van der Waals surface area contributed by atoms with E-state index in [1.165, 1.54) is 24.2 Å². The number of hydrogen-bond acceptors (Lipinski definition) is 4. The maximum absolute atomic E-state index is 6.08. The first-order valence-corrected chi connectivity index (χ1v) is 8.55. The lowest BCUT2D eigenvalue weighted by atomic mass is 9.90. The van der Waals surface area contributed by atoms with Crippen molar-refractivity contribution in [3.63, 3.8) is 0 Å². The van der Waals surface area contributed by atoms with Crippen LogP contribution in [-0.2, 0) is 5.54 Å². The van der Waals surface area contributed by atoms with Gasteiger partial charge in [-0.25, -0.2) is 0 Å². The molecule has 3 nitrogen and oxygen atoms in total. The molecule has 2 saturated heterocycles. The summed E-state index contributed by atoms with van der Waals surface area (Å²) in [7, 11) is 1.72. The molecule has 0 aromatic heterocycles. The number of nitrogens with one attached hydrogen (secondary N) is 1. The van der Waals surface area contributed by atoms with Crippen LogP contribution in [0.5, 0.6) is 11.5 Å². The van der Waals surface area contributed by atoms with Gasteiger partial charge >= 0.3 is 0 Å². The van der Waals surface area contributed by atoms with Crippen LogP contribution in [0.4, 0.5) is 0 Å². The second-order valence-corrected chi connectivity index (χ2v) is 6.98. The highest BCUT2D eigenvalue weighted by Crippen LogP contribution is 2.37. The molecule has 20 heavy (non-hydrogen) atoms. The number of methoxy groups -OCH3 is 1. The Morgan fingerprint density at radius 3 is 2.90 bits per heavy atom. The average Bonchev–Trinajstić information content (AvgIpc) is 3.11. The quantitative estimate of drug-likeness (QED) is 0.923. The van der Waals surface area contributed by atoms with E-state index in [1.54, 1.807) is 7.11 Å². The first-order valence-electron chi connectivity index (χ1n) is 7.39. The summed E-state index contributed by atoms with van der Waals surface area (Å²) in [6, 6.07) is 6.39. The van der Waals surface area contributed by atoms with Crippen molar-refractivity contribution in [2.24, 2.45) is 0 Å². The molecule has 110 valence electrons. The van der Waals surface area contributed by atoms with Gasteiger partial charge in [-0.1, -0.05) is 6.07 Å². The van der Waals surface area contributed by atoms with Gasteiger partial charge in [0.2, 0.25) is 0 Å². The Kier molecular flexibility index (Phi) is 4.13. The molecular formula is C16H23NO2S. The van der Waals surface area contributed by atoms with Crippen LogP contribution in [0.1, 0.15) is 31.7 Å². The molecule has 4 heteroatoms. The van der Waals surface area contributed by atoms with Gasteiger partial charge < -0.3 is 14.8 Å². The third-order valence-electron chi connectivity index (χ3n) is 4.35. The predicted octanol–water partition coefficient (Wildman–Crippen LogP) is 3.18. The molecule has 2 unspecified atom stereocenters. The maximum atomic E-state index is 6.08. The van der Waals surface area contributed by atoms with Gasteiger partial charge in [-0.05, 0) is 56.2 Å². The van der Waals surface area contributed by atoms with Crippen molar-refractivity contribution in [3.8, 4) is 11.5 Å². The SMILES string of the molecule is COc1cc(C2(C)CCCN2)ccc1OC1CCSC1. The third-order valence-corrected chi connectivity index (χ3v) is 5.48. The molecule has 2 fully saturated rings. The van der Waals surface area contributed by atoms with Gasteiger partial charge in [-0.3, -0.25) is 0 Å². The number of ether oxygens (including phenoxy) is 2. The van der Waals surface area contributed by atoms with Crippen LogP contribution < -0.4 is 14.8 Å². The van der Waals surface area contributed by atoms with Gasteiger partial charge in [0.1, 0.15) is 6.10 Å². The van der Waals surface area contributed by atoms with Crippen LogP contribution in [-0.4, -0.2) is 31.3 Å². The fourth-order valence-corrected chi connectivity index (χ4v) is 4.13. The summed E-state index contributed by atoms with van der Waals surface area (Å²) in [5.41, 5.74) is 1.37. The van der Waals surface area contributed by atoms with Crippen molar-refractivity contribution in [2.45, 2.75) is 37.8 Å². The molecule has 0 bridgehead atoms. The van der Waals surface area contributed by atoms with Gasteiger partial charge in [0.15, 0.2) is 11.5 Å². The largest absolute Gasteiger partial charge is 0.493 e. The monoisotopic (exact) mass is 293 g/mol. The number of hydrogen-bond donors (Lipinski definition) is 1. The van der Waals surface area contributed by atoms with E-state index in [0.29, 0.717) is 6.10 Å². The zero-order valence-corrected chi connectivity index (χ0v) is 13.1. The van der Waals surface area contributed by atoms with Gasteiger partial charge in [0.25, 0.3) is 0 Å². The van der Waals surface area contributed by atoms with Crippen molar-refractivity contribution in [1.82, 2.24) is 5.32 Å². The molecule has 1 N–H and O–H groups in total. The van der Waals surface area contributed by atoms with Gasteiger partial charge in [-0.2, -0.15) is 11.8 Å². The second-order valence-electron chi connectivity index (χ2n) is 5.83. The minimum atomic E-state index is 0.0784. The Hall–Kier alpha value is -0.870. The standard InChI is InChI=1S/C16H23NO2S/c1-16(7-3-8-17-16)12-4-5-14(15(10-12)18-2)19-13-6-9-20-11-13/h4-5,10,13,17H,3,6-9,11H2,1-2H3. The second kappa shape index (κ2) is 5.86. The van der Waals surface area contributed by atoms with Crippen molar-refractivity contribution in [2.75, 3.05) is 25.2 Å².